The van der Waals surface area contributed by atoms with Crippen molar-refractivity contribution < 1.29 is 76.6 Å². The Morgan fingerprint density at radius 3 is 0.200 bits per heavy atom. The third-order valence-electron chi connectivity index (χ3n) is 0. The van der Waals surface area contributed by atoms with Gasteiger partial charge in [0.25, 0.3) is 0 Å². The fraction of sp³-hybridized carbons (Fsp3) is 0. The third-order valence-corrected chi connectivity index (χ3v) is 0. The first-order valence-corrected chi connectivity index (χ1v) is 0. The SMILES string of the molecule is O.O.O.O.O.O.O.O.O.[Cd]. The Hall–Kier alpha value is 0.562. The Morgan fingerprint density at radius 2 is 0.200 bits per heavy atom. The number of hydrogen-bond acceptors (Lipinski definition) is 0. The molecule has 18 N–H and O–H groups in total. The van der Waals surface area contributed by atoms with Gasteiger partial charge in [-0.3, -0.25) is 0 Å². The first kappa shape index (κ1) is 3060. The molecule has 0 radical (unpaired) electrons. The number of hydrogen-bond donors (Lipinski definition) is 0. The second kappa shape index (κ2) is 2220. The molecule has 0 aromatic rings. The van der Waals surface area contributed by atoms with E-state index in [1.807, 2.05) is 0 Å². The van der Waals surface area contributed by atoms with Crippen LogP contribution in [-0.4, -0.2) is 49.3 Å². The Balaban J connectivity index is 0. The van der Waals surface area contributed by atoms with E-state index in [1.165, 1.54) is 0 Å². The topological polar surface area (TPSA) is 284 Å². The zero-order valence-corrected chi connectivity index (χ0v) is 9.24. The van der Waals surface area contributed by atoms with Gasteiger partial charge in [0.2, 0.25) is 0 Å². The normalized spacial score (nSPS) is 0. The second-order valence-electron chi connectivity index (χ2n) is 0. The van der Waals surface area contributed by atoms with Gasteiger partial charge in [0, 0.05) is 27.3 Å². The van der Waals surface area contributed by atoms with Gasteiger partial charge in [-0.15, -0.1) is 0 Å². The first-order valence-electron chi connectivity index (χ1n) is 0. The van der Waals surface area contributed by atoms with Gasteiger partial charge < -0.3 is 49.3 Å². The van der Waals surface area contributed by atoms with E-state index in [-0.39, 0.29) is 76.6 Å². The Bertz CT molecular complexity index is 4.69. The fourth-order valence-electron chi connectivity index (χ4n) is 0. The molecule has 74 valence electrons. The third kappa shape index (κ3) is 1550. The van der Waals surface area contributed by atoms with Crippen LogP contribution in [0, 0.1) is 0 Å². The van der Waals surface area contributed by atoms with E-state index < -0.39 is 0 Å². The molecule has 0 saturated carbocycles. The summed E-state index contributed by atoms with van der Waals surface area (Å²) in [5.74, 6) is 0. The summed E-state index contributed by atoms with van der Waals surface area (Å²) < 4.78 is 0. The molecule has 0 saturated heterocycles. The molecule has 0 aromatic carbocycles. The van der Waals surface area contributed by atoms with Gasteiger partial charge in [0.15, 0.2) is 0 Å². The standard InChI is InChI=1S/Cd.9H2O/h;9*1H2. The van der Waals surface area contributed by atoms with Crippen molar-refractivity contribution in [2.45, 2.75) is 0 Å². The minimum Gasteiger partial charge on any atom is -0.412 e. The molecule has 0 bridgehead atoms. The Labute approximate surface area is 77.0 Å². The van der Waals surface area contributed by atoms with E-state index in [0.717, 1.165) is 0 Å². The zero-order valence-electron chi connectivity index (χ0n) is 5.21. The minimum atomic E-state index is 0. The maximum Gasteiger partial charge on any atom is 0 e. The molecule has 0 rings (SSSR count). The summed E-state index contributed by atoms with van der Waals surface area (Å²) in [5.41, 5.74) is 0. The molecule has 0 fully saturated rings. The molecule has 0 amide bonds. The van der Waals surface area contributed by atoms with Crippen LogP contribution >= 0.6 is 0 Å². The predicted octanol–water partition coefficient (Wildman–Crippen LogP) is -7.42. The summed E-state index contributed by atoms with van der Waals surface area (Å²) in [4.78, 5) is 0. The van der Waals surface area contributed by atoms with Gasteiger partial charge in [-0.05, 0) is 0 Å². The summed E-state index contributed by atoms with van der Waals surface area (Å²) in [6.07, 6.45) is 0. The molecule has 0 spiro atoms. The van der Waals surface area contributed by atoms with Gasteiger partial charge in [-0.2, -0.15) is 0 Å². The van der Waals surface area contributed by atoms with Gasteiger partial charge in [-0.25, -0.2) is 0 Å². The average molecular weight is 275 g/mol. The smallest absolute Gasteiger partial charge is 0 e. The van der Waals surface area contributed by atoms with E-state index in [0.29, 0.717) is 0 Å². The minimum absolute atomic E-state index is 0. The molecule has 10 heteroatoms. The van der Waals surface area contributed by atoms with Crippen molar-refractivity contribution in [2.24, 2.45) is 0 Å². The van der Waals surface area contributed by atoms with E-state index in [9.17, 15) is 0 Å². The molecule has 10 heavy (non-hydrogen) atoms. The van der Waals surface area contributed by atoms with Crippen LogP contribution in [0.3, 0.4) is 0 Å². The maximum atomic E-state index is 0. The van der Waals surface area contributed by atoms with Crippen LogP contribution in [0.2, 0.25) is 0 Å². The molecule has 0 aliphatic rings. The van der Waals surface area contributed by atoms with Crippen LogP contribution in [-0.2, 0) is 27.3 Å². The predicted molar refractivity (Wildman–Crippen MR) is 32.5 cm³/mol. The van der Waals surface area contributed by atoms with Crippen molar-refractivity contribution in [3.63, 3.8) is 0 Å². The van der Waals surface area contributed by atoms with Crippen LogP contribution in [0.15, 0.2) is 0 Å². The van der Waals surface area contributed by atoms with Crippen LogP contribution in [0.4, 0.5) is 0 Å². The first-order chi connectivity index (χ1) is 0. The van der Waals surface area contributed by atoms with Crippen LogP contribution in [0.5, 0.6) is 0 Å². The van der Waals surface area contributed by atoms with Crippen molar-refractivity contribution in [1.29, 1.82) is 0 Å². The average Bonchev–Trinajstić information content (AvgIpc) is 0. The monoisotopic (exact) mass is 276 g/mol. The summed E-state index contributed by atoms with van der Waals surface area (Å²) in [7, 11) is 0. The largest absolute Gasteiger partial charge is 0.412 e. The Kier molecular flexibility index (Phi) is 678000. The van der Waals surface area contributed by atoms with Crippen molar-refractivity contribution in [2.75, 3.05) is 0 Å². The van der Waals surface area contributed by atoms with Crippen LogP contribution < -0.4 is 0 Å². The van der Waals surface area contributed by atoms with Gasteiger partial charge >= 0.3 is 0 Å². The Morgan fingerprint density at radius 1 is 0.200 bits per heavy atom. The molecular formula is H18CdO9. The molecule has 0 aliphatic carbocycles. The molecule has 9 nitrogen and oxygen atoms in total. The van der Waals surface area contributed by atoms with Crippen molar-refractivity contribution in [3.8, 4) is 0 Å². The van der Waals surface area contributed by atoms with Crippen LogP contribution in [0.25, 0.3) is 0 Å². The summed E-state index contributed by atoms with van der Waals surface area (Å²) in [6.45, 7) is 0. The fourth-order valence-corrected chi connectivity index (χ4v) is 0. The van der Waals surface area contributed by atoms with Gasteiger partial charge in [-0.1, -0.05) is 0 Å². The van der Waals surface area contributed by atoms with E-state index in [4.69, 9.17) is 0 Å². The molecule has 0 aromatic heterocycles. The maximum absolute atomic E-state index is 0. The van der Waals surface area contributed by atoms with Gasteiger partial charge in [0.05, 0.1) is 0 Å². The molecular weight excluding hydrogens is 256 g/mol. The van der Waals surface area contributed by atoms with Gasteiger partial charge in [0.1, 0.15) is 0 Å². The van der Waals surface area contributed by atoms with Crippen molar-refractivity contribution in [1.82, 2.24) is 0 Å². The molecule has 0 heterocycles. The quantitative estimate of drug-likeness (QED) is 0.372. The summed E-state index contributed by atoms with van der Waals surface area (Å²) in [6, 6.07) is 0. The molecule has 0 aliphatic heterocycles. The van der Waals surface area contributed by atoms with E-state index in [1.54, 1.807) is 0 Å². The van der Waals surface area contributed by atoms with Crippen molar-refractivity contribution >= 4 is 0 Å². The molecule has 0 atom stereocenters. The summed E-state index contributed by atoms with van der Waals surface area (Å²) in [5, 5.41) is 0. The second-order valence-corrected chi connectivity index (χ2v) is 0. The molecule has 0 unspecified atom stereocenters. The zero-order chi connectivity index (χ0) is 0. The van der Waals surface area contributed by atoms with E-state index >= 15 is 0 Å². The summed E-state index contributed by atoms with van der Waals surface area (Å²) >= 11 is 0. The van der Waals surface area contributed by atoms with E-state index in [2.05, 4.69) is 0 Å². The van der Waals surface area contributed by atoms with Crippen LogP contribution in [0.1, 0.15) is 0 Å². The number of rotatable bonds is 0. The van der Waals surface area contributed by atoms with Crippen molar-refractivity contribution in [3.05, 3.63) is 0 Å².